The lowest BCUT2D eigenvalue weighted by atomic mass is 10.1. The van der Waals surface area contributed by atoms with Crippen molar-refractivity contribution in [3.8, 4) is 11.5 Å². The number of ether oxygens (including phenoxy) is 2. The van der Waals surface area contributed by atoms with E-state index in [-0.39, 0.29) is 5.69 Å². The second-order valence-corrected chi connectivity index (χ2v) is 5.43. The molecular weight excluding hydrogens is 346 g/mol. The van der Waals surface area contributed by atoms with Crippen molar-refractivity contribution in [1.29, 1.82) is 0 Å². The number of benzene rings is 1. The third-order valence-electron chi connectivity index (χ3n) is 3.24. The molecule has 0 fully saturated rings. The van der Waals surface area contributed by atoms with Gasteiger partial charge in [0, 0.05) is 12.3 Å². The number of hydrogen-bond acceptors (Lipinski definition) is 5. The van der Waals surface area contributed by atoms with E-state index in [4.69, 9.17) is 21.1 Å². The Bertz CT molecular complexity index is 824. The lowest BCUT2D eigenvalue weighted by molar-refractivity contribution is -0.117. The van der Waals surface area contributed by atoms with Crippen LogP contribution in [0, 0.1) is 0 Å². The van der Waals surface area contributed by atoms with Gasteiger partial charge in [0.15, 0.2) is 11.5 Å². The van der Waals surface area contributed by atoms with E-state index in [0.29, 0.717) is 35.3 Å². The van der Waals surface area contributed by atoms with Gasteiger partial charge in [0.2, 0.25) is 0 Å². The Morgan fingerprint density at radius 3 is 2.80 bits per heavy atom. The zero-order valence-corrected chi connectivity index (χ0v) is 13.7. The Kier molecular flexibility index (Phi) is 5.15. The molecule has 1 aliphatic heterocycles. The Labute approximate surface area is 148 Å². The van der Waals surface area contributed by atoms with Crippen LogP contribution < -0.4 is 20.3 Å². The molecule has 25 heavy (non-hydrogen) atoms. The summed E-state index contributed by atoms with van der Waals surface area (Å²) < 4.78 is 10.9. The van der Waals surface area contributed by atoms with E-state index in [9.17, 15) is 9.59 Å². The minimum Gasteiger partial charge on any atom is -0.486 e. The number of carbonyl (C=O) groups is 2. The largest absolute Gasteiger partial charge is 0.486 e. The van der Waals surface area contributed by atoms with E-state index in [2.05, 4.69) is 15.8 Å². The molecule has 1 aliphatic rings. The van der Waals surface area contributed by atoms with Gasteiger partial charge in [-0.2, -0.15) is 0 Å². The minimum absolute atomic E-state index is 0.199. The fourth-order valence-corrected chi connectivity index (χ4v) is 2.39. The van der Waals surface area contributed by atoms with Gasteiger partial charge in [-0.3, -0.25) is 25.4 Å². The van der Waals surface area contributed by atoms with Crippen molar-refractivity contribution in [3.05, 3.63) is 58.9 Å². The predicted octanol–water partition coefficient (Wildman–Crippen LogP) is 1.98. The van der Waals surface area contributed by atoms with Crippen molar-refractivity contribution in [3.63, 3.8) is 0 Å². The third-order valence-corrected chi connectivity index (χ3v) is 3.52. The van der Waals surface area contributed by atoms with Crippen molar-refractivity contribution in [2.24, 2.45) is 0 Å². The number of carbonyl (C=O) groups excluding carboxylic acids is 2. The van der Waals surface area contributed by atoms with Crippen LogP contribution in [0.5, 0.6) is 11.5 Å². The first kappa shape index (κ1) is 16.8. The molecule has 7 nitrogen and oxygen atoms in total. The highest BCUT2D eigenvalue weighted by Crippen LogP contribution is 2.38. The van der Waals surface area contributed by atoms with Gasteiger partial charge in [-0.25, -0.2) is 0 Å². The highest BCUT2D eigenvalue weighted by atomic mass is 35.5. The lowest BCUT2D eigenvalue weighted by Gasteiger charge is -2.19. The molecule has 1 aromatic heterocycles. The first-order valence-electron chi connectivity index (χ1n) is 7.42. The maximum Gasteiger partial charge on any atom is 0.288 e. The smallest absolute Gasteiger partial charge is 0.288 e. The summed E-state index contributed by atoms with van der Waals surface area (Å²) in [5.41, 5.74) is 5.41. The van der Waals surface area contributed by atoms with Crippen LogP contribution in [-0.4, -0.2) is 30.0 Å². The molecule has 1 aromatic carbocycles. The molecule has 0 unspecified atom stereocenters. The average Bonchev–Trinajstić information content (AvgIpc) is 2.65. The molecule has 128 valence electrons. The molecule has 0 bridgehead atoms. The summed E-state index contributed by atoms with van der Waals surface area (Å²) in [7, 11) is 0. The van der Waals surface area contributed by atoms with Crippen LogP contribution in [0.2, 0.25) is 5.02 Å². The number of aromatic nitrogens is 1. The second-order valence-electron chi connectivity index (χ2n) is 5.02. The number of pyridine rings is 1. The fraction of sp³-hybridized carbons (Fsp3) is 0.118. The summed E-state index contributed by atoms with van der Waals surface area (Å²) in [6, 6.07) is 8.28. The lowest BCUT2D eigenvalue weighted by Crippen LogP contribution is -2.41. The molecule has 0 atom stereocenters. The van der Waals surface area contributed by atoms with Gasteiger partial charge in [0.05, 0.1) is 5.02 Å². The van der Waals surface area contributed by atoms with Crippen molar-refractivity contribution < 1.29 is 19.1 Å². The number of nitrogens with zero attached hydrogens (tertiary/aromatic N) is 1. The monoisotopic (exact) mass is 359 g/mol. The van der Waals surface area contributed by atoms with Crippen molar-refractivity contribution in [1.82, 2.24) is 15.8 Å². The number of rotatable bonds is 3. The molecule has 2 aromatic rings. The average molecular weight is 360 g/mol. The molecule has 0 saturated heterocycles. The summed E-state index contributed by atoms with van der Waals surface area (Å²) in [5, 5.41) is 0.403. The van der Waals surface area contributed by atoms with Crippen molar-refractivity contribution >= 4 is 29.5 Å². The number of nitrogens with one attached hydrogen (secondary N) is 2. The van der Waals surface area contributed by atoms with Crippen LogP contribution >= 0.6 is 11.6 Å². The molecule has 2 heterocycles. The zero-order valence-electron chi connectivity index (χ0n) is 13.0. The van der Waals surface area contributed by atoms with Gasteiger partial charge >= 0.3 is 0 Å². The Morgan fingerprint density at radius 2 is 2.00 bits per heavy atom. The van der Waals surface area contributed by atoms with Gasteiger partial charge < -0.3 is 9.47 Å². The molecule has 0 aliphatic carbocycles. The van der Waals surface area contributed by atoms with Gasteiger partial charge in [0.1, 0.15) is 18.9 Å². The Balaban J connectivity index is 1.59. The Morgan fingerprint density at radius 1 is 1.16 bits per heavy atom. The molecule has 0 saturated carbocycles. The third kappa shape index (κ3) is 4.27. The predicted molar refractivity (Wildman–Crippen MR) is 91.3 cm³/mol. The highest BCUT2D eigenvalue weighted by molar-refractivity contribution is 6.32. The molecule has 0 radical (unpaired) electrons. The van der Waals surface area contributed by atoms with E-state index in [0.717, 1.165) is 0 Å². The molecule has 0 spiro atoms. The molecular formula is C17H14ClN3O4. The second kappa shape index (κ2) is 7.67. The summed E-state index contributed by atoms with van der Waals surface area (Å²) in [6.45, 7) is 0.886. The number of hydrazine groups is 1. The van der Waals surface area contributed by atoms with Crippen LogP contribution in [0.1, 0.15) is 16.1 Å². The topological polar surface area (TPSA) is 89.5 Å². The van der Waals surface area contributed by atoms with Crippen LogP contribution in [0.25, 0.3) is 6.08 Å². The summed E-state index contributed by atoms with van der Waals surface area (Å²) in [5.74, 6) is 0.0134. The summed E-state index contributed by atoms with van der Waals surface area (Å²) in [6.07, 6.45) is 4.30. The van der Waals surface area contributed by atoms with Crippen LogP contribution in [-0.2, 0) is 4.79 Å². The molecule has 2 N–H and O–H groups in total. The van der Waals surface area contributed by atoms with Gasteiger partial charge in [-0.1, -0.05) is 17.7 Å². The number of hydrogen-bond donors (Lipinski definition) is 2. The first-order valence-corrected chi connectivity index (χ1v) is 7.80. The molecule has 3 rings (SSSR count). The number of fused-ring (bicyclic) bond motifs is 1. The summed E-state index contributed by atoms with van der Waals surface area (Å²) in [4.78, 5) is 27.5. The fourth-order valence-electron chi connectivity index (χ4n) is 2.12. The van der Waals surface area contributed by atoms with Gasteiger partial charge in [-0.05, 0) is 35.9 Å². The molecule has 2 amide bonds. The van der Waals surface area contributed by atoms with E-state index in [1.807, 2.05) is 0 Å². The normalized spacial score (nSPS) is 12.7. The maximum atomic E-state index is 11.8. The number of halogens is 1. The van der Waals surface area contributed by atoms with E-state index in [1.165, 1.54) is 18.3 Å². The quantitative estimate of drug-likeness (QED) is 0.646. The summed E-state index contributed by atoms with van der Waals surface area (Å²) >= 11 is 6.13. The van der Waals surface area contributed by atoms with Crippen LogP contribution in [0.4, 0.5) is 0 Å². The van der Waals surface area contributed by atoms with Gasteiger partial charge in [-0.15, -0.1) is 0 Å². The minimum atomic E-state index is -0.510. The molecule has 8 heteroatoms. The van der Waals surface area contributed by atoms with E-state index in [1.54, 1.807) is 30.3 Å². The Hall–Kier alpha value is -3.06. The van der Waals surface area contributed by atoms with Crippen LogP contribution in [0.3, 0.4) is 0 Å². The van der Waals surface area contributed by atoms with Crippen molar-refractivity contribution in [2.45, 2.75) is 0 Å². The van der Waals surface area contributed by atoms with E-state index < -0.39 is 11.8 Å². The number of amides is 2. The van der Waals surface area contributed by atoms with Crippen molar-refractivity contribution in [2.75, 3.05) is 13.2 Å². The van der Waals surface area contributed by atoms with Gasteiger partial charge in [0.25, 0.3) is 11.8 Å². The SMILES string of the molecule is O=C(/C=C\c1cc(Cl)c2c(c1)OCCO2)NNC(=O)c1ccccn1. The maximum absolute atomic E-state index is 11.8. The standard InChI is InChI=1S/C17H14ClN3O4/c18-12-9-11(10-14-16(12)25-8-7-24-14)4-5-15(22)20-21-17(23)13-3-1-2-6-19-13/h1-6,9-10H,7-8H2,(H,20,22)(H,21,23)/b5-4-. The van der Waals surface area contributed by atoms with E-state index >= 15 is 0 Å². The first-order chi connectivity index (χ1) is 12.1. The highest BCUT2D eigenvalue weighted by Gasteiger charge is 2.16. The zero-order chi connectivity index (χ0) is 17.6. The van der Waals surface area contributed by atoms with Crippen LogP contribution in [0.15, 0.2) is 42.6 Å².